The van der Waals surface area contributed by atoms with Gasteiger partial charge in [0, 0.05) is 0 Å². The van der Waals surface area contributed by atoms with E-state index in [1.165, 1.54) is 23.1 Å². The van der Waals surface area contributed by atoms with Crippen LogP contribution in [0.3, 0.4) is 0 Å². The van der Waals surface area contributed by atoms with E-state index in [1.807, 2.05) is 26.0 Å². The lowest BCUT2D eigenvalue weighted by atomic mass is 10.0. The summed E-state index contributed by atoms with van der Waals surface area (Å²) < 4.78 is 5.07. The van der Waals surface area contributed by atoms with Crippen molar-refractivity contribution in [3.05, 3.63) is 63.7 Å². The van der Waals surface area contributed by atoms with Crippen LogP contribution in [0.4, 0.5) is 5.69 Å². The summed E-state index contributed by atoms with van der Waals surface area (Å²) in [7, 11) is 0. The molecule has 2 aromatic carbocycles. The summed E-state index contributed by atoms with van der Waals surface area (Å²) in [4.78, 5) is 37.4. The number of benzene rings is 2. The minimum absolute atomic E-state index is 0.00422. The van der Waals surface area contributed by atoms with Crippen LogP contribution in [0.15, 0.2) is 42.0 Å². The van der Waals surface area contributed by atoms with E-state index < -0.39 is 24.4 Å². The number of thiocarbonyl (C=S) groups is 1. The zero-order valence-electron chi connectivity index (χ0n) is 16.1. The van der Waals surface area contributed by atoms with Gasteiger partial charge >= 0.3 is 5.97 Å². The third kappa shape index (κ3) is 4.50. The van der Waals surface area contributed by atoms with Crippen molar-refractivity contribution < 1.29 is 24.2 Å². The van der Waals surface area contributed by atoms with Crippen LogP contribution < -0.4 is 15.0 Å². The molecule has 0 aliphatic carbocycles. The number of ether oxygens (including phenoxy) is 1. The first-order chi connectivity index (χ1) is 14.2. The van der Waals surface area contributed by atoms with Crippen LogP contribution in [0, 0.1) is 13.8 Å². The van der Waals surface area contributed by atoms with Crippen molar-refractivity contribution in [2.45, 2.75) is 13.8 Å². The summed E-state index contributed by atoms with van der Waals surface area (Å²) in [5.74, 6) is -2.13. The van der Waals surface area contributed by atoms with Crippen molar-refractivity contribution in [3.8, 4) is 5.75 Å². The number of carbonyl (C=O) groups is 3. The molecule has 0 bridgehead atoms. The third-order valence-electron chi connectivity index (χ3n) is 4.31. The molecular formula is C21H17ClN2O5S. The SMILES string of the molecule is Cc1ccc(N2C(=O)/C(=C\c3ccc(OCC(=O)O)c(Cl)c3)C(=O)NC2=S)c(C)c1. The topological polar surface area (TPSA) is 95.9 Å². The van der Waals surface area contributed by atoms with Gasteiger partial charge in [-0.3, -0.25) is 19.8 Å². The Bertz CT molecular complexity index is 1110. The molecule has 2 amide bonds. The number of carboxylic acid groups (broad SMARTS) is 1. The lowest BCUT2D eigenvalue weighted by molar-refractivity contribution is -0.139. The van der Waals surface area contributed by atoms with E-state index >= 15 is 0 Å². The van der Waals surface area contributed by atoms with E-state index in [4.69, 9.17) is 33.7 Å². The van der Waals surface area contributed by atoms with Crippen LogP contribution in [0.25, 0.3) is 6.08 Å². The van der Waals surface area contributed by atoms with E-state index in [0.717, 1.165) is 11.1 Å². The molecule has 2 aromatic rings. The summed E-state index contributed by atoms with van der Waals surface area (Å²) in [5, 5.41) is 11.4. The van der Waals surface area contributed by atoms with Gasteiger partial charge in [0.2, 0.25) is 0 Å². The van der Waals surface area contributed by atoms with Crippen molar-refractivity contribution in [2.75, 3.05) is 11.5 Å². The van der Waals surface area contributed by atoms with Crippen LogP contribution in [0.1, 0.15) is 16.7 Å². The number of amides is 2. The summed E-state index contributed by atoms with van der Waals surface area (Å²) in [6.07, 6.45) is 1.39. The third-order valence-corrected chi connectivity index (χ3v) is 4.89. The average molecular weight is 445 g/mol. The van der Waals surface area contributed by atoms with Crippen molar-refractivity contribution in [1.82, 2.24) is 5.32 Å². The smallest absolute Gasteiger partial charge is 0.341 e. The molecule has 1 aliphatic rings. The molecule has 0 spiro atoms. The van der Waals surface area contributed by atoms with Crippen molar-refractivity contribution in [1.29, 1.82) is 0 Å². The maximum atomic E-state index is 13.1. The molecule has 30 heavy (non-hydrogen) atoms. The number of carboxylic acids is 1. The second-order valence-electron chi connectivity index (χ2n) is 6.62. The number of aryl methyl sites for hydroxylation is 2. The van der Waals surface area contributed by atoms with Gasteiger partial charge in [0.1, 0.15) is 11.3 Å². The molecule has 0 unspecified atom stereocenters. The van der Waals surface area contributed by atoms with Crippen LogP contribution >= 0.6 is 23.8 Å². The number of anilines is 1. The van der Waals surface area contributed by atoms with Gasteiger partial charge in [0.25, 0.3) is 11.8 Å². The van der Waals surface area contributed by atoms with Crippen molar-refractivity contribution in [2.24, 2.45) is 0 Å². The second-order valence-corrected chi connectivity index (χ2v) is 7.41. The molecule has 3 rings (SSSR count). The van der Waals surface area contributed by atoms with Crippen LogP contribution in [-0.2, 0) is 14.4 Å². The van der Waals surface area contributed by atoms with E-state index in [9.17, 15) is 14.4 Å². The number of carbonyl (C=O) groups excluding carboxylic acids is 2. The fourth-order valence-corrected chi connectivity index (χ4v) is 3.48. The predicted molar refractivity (Wildman–Crippen MR) is 117 cm³/mol. The predicted octanol–water partition coefficient (Wildman–Crippen LogP) is 3.25. The number of aliphatic carboxylic acids is 1. The van der Waals surface area contributed by atoms with Gasteiger partial charge in [-0.1, -0.05) is 35.4 Å². The zero-order chi connectivity index (χ0) is 22.0. The monoisotopic (exact) mass is 444 g/mol. The molecular weight excluding hydrogens is 428 g/mol. The second kappa shape index (κ2) is 8.64. The molecule has 0 radical (unpaired) electrons. The highest BCUT2D eigenvalue weighted by atomic mass is 35.5. The highest BCUT2D eigenvalue weighted by Crippen LogP contribution is 2.29. The number of halogens is 1. The highest BCUT2D eigenvalue weighted by molar-refractivity contribution is 7.80. The van der Waals surface area contributed by atoms with E-state index in [1.54, 1.807) is 12.1 Å². The Hall–Kier alpha value is -3.23. The Labute approximate surface area is 182 Å². The fourth-order valence-electron chi connectivity index (χ4n) is 2.96. The average Bonchev–Trinajstić information content (AvgIpc) is 2.66. The summed E-state index contributed by atoms with van der Waals surface area (Å²) in [6.45, 7) is 3.25. The molecule has 0 atom stereocenters. The first-order valence-corrected chi connectivity index (χ1v) is 9.59. The summed E-state index contributed by atoms with van der Waals surface area (Å²) >= 11 is 11.3. The lowest BCUT2D eigenvalue weighted by Gasteiger charge is -2.30. The minimum Gasteiger partial charge on any atom is -0.480 e. The first-order valence-electron chi connectivity index (χ1n) is 8.80. The molecule has 7 nitrogen and oxygen atoms in total. The number of rotatable bonds is 5. The van der Waals surface area contributed by atoms with Crippen LogP contribution in [0.5, 0.6) is 5.75 Å². The maximum absolute atomic E-state index is 13.1. The Morgan fingerprint density at radius 1 is 1.23 bits per heavy atom. The summed E-state index contributed by atoms with van der Waals surface area (Å²) in [6, 6.07) is 10.0. The number of hydrogen-bond donors (Lipinski definition) is 2. The van der Waals surface area contributed by atoms with Crippen molar-refractivity contribution in [3.63, 3.8) is 0 Å². The fraction of sp³-hybridized carbons (Fsp3) is 0.143. The Kier molecular flexibility index (Phi) is 6.19. The molecule has 0 aromatic heterocycles. The molecule has 154 valence electrons. The van der Waals surface area contributed by atoms with Gasteiger partial charge in [-0.05, 0) is 61.5 Å². The zero-order valence-corrected chi connectivity index (χ0v) is 17.6. The standard InChI is InChI=1S/C21H17ClN2O5S/c1-11-3-5-16(12(2)7-11)24-20(28)14(19(27)23-21(24)30)8-13-4-6-17(15(22)9-13)29-10-18(25)26/h3-9H,10H2,1-2H3,(H,25,26)(H,23,27,30)/b14-8-. The van der Waals surface area contributed by atoms with Crippen LogP contribution in [-0.4, -0.2) is 34.6 Å². The van der Waals surface area contributed by atoms with Gasteiger partial charge < -0.3 is 9.84 Å². The largest absolute Gasteiger partial charge is 0.480 e. The van der Waals surface area contributed by atoms with E-state index in [2.05, 4.69) is 5.32 Å². The van der Waals surface area contributed by atoms with Crippen molar-refractivity contribution >= 4 is 58.5 Å². The normalized spacial score (nSPS) is 15.4. The Balaban J connectivity index is 1.94. The minimum atomic E-state index is -1.14. The number of hydrogen-bond acceptors (Lipinski definition) is 5. The van der Waals surface area contributed by atoms with Gasteiger partial charge in [-0.25, -0.2) is 4.79 Å². The van der Waals surface area contributed by atoms with E-state index in [0.29, 0.717) is 11.3 Å². The van der Waals surface area contributed by atoms with Gasteiger partial charge in [-0.2, -0.15) is 0 Å². The Morgan fingerprint density at radius 3 is 2.60 bits per heavy atom. The van der Waals surface area contributed by atoms with E-state index in [-0.39, 0.29) is 21.5 Å². The molecule has 1 fully saturated rings. The van der Waals surface area contributed by atoms with Crippen LogP contribution in [0.2, 0.25) is 5.02 Å². The molecule has 0 saturated carbocycles. The number of nitrogens with zero attached hydrogens (tertiary/aromatic N) is 1. The van der Waals surface area contributed by atoms with Gasteiger partial charge in [-0.15, -0.1) is 0 Å². The van der Waals surface area contributed by atoms with Gasteiger partial charge in [0.15, 0.2) is 11.7 Å². The molecule has 9 heteroatoms. The molecule has 2 N–H and O–H groups in total. The summed E-state index contributed by atoms with van der Waals surface area (Å²) in [5.41, 5.74) is 2.81. The maximum Gasteiger partial charge on any atom is 0.341 e. The number of nitrogens with one attached hydrogen (secondary N) is 1. The molecule has 1 heterocycles. The first kappa shape index (κ1) is 21.5. The highest BCUT2D eigenvalue weighted by Gasteiger charge is 2.35. The molecule has 1 aliphatic heterocycles. The quantitative estimate of drug-likeness (QED) is 0.417. The lowest BCUT2D eigenvalue weighted by Crippen LogP contribution is -2.54. The van der Waals surface area contributed by atoms with Gasteiger partial charge in [0.05, 0.1) is 10.7 Å². The Morgan fingerprint density at radius 2 is 1.97 bits per heavy atom. The molecule has 1 saturated heterocycles.